The maximum absolute atomic E-state index is 14.5. The molecule has 2 atom stereocenters. The molecule has 3 aliphatic carbocycles. The van der Waals surface area contributed by atoms with E-state index in [-0.39, 0.29) is 11.7 Å². The minimum absolute atomic E-state index is 0.0976. The number of rotatable bonds is 4. The van der Waals surface area contributed by atoms with Crippen LogP contribution in [0.2, 0.25) is 0 Å². The number of carbonyl (C=O) groups excluding carboxylic acids is 1. The van der Waals surface area contributed by atoms with Crippen molar-refractivity contribution in [3.05, 3.63) is 209 Å². The van der Waals surface area contributed by atoms with E-state index < -0.39 is 5.41 Å². The highest BCUT2D eigenvalue weighted by Crippen LogP contribution is 2.54. The molecule has 0 fully saturated rings. The molecule has 2 aromatic heterocycles. The van der Waals surface area contributed by atoms with Crippen molar-refractivity contribution in [1.82, 2.24) is 9.13 Å². The lowest BCUT2D eigenvalue weighted by Gasteiger charge is -2.46. The van der Waals surface area contributed by atoms with E-state index >= 15 is 0 Å². The van der Waals surface area contributed by atoms with Crippen LogP contribution in [0, 0.1) is 5.92 Å². The van der Waals surface area contributed by atoms with E-state index in [1.54, 1.807) is 0 Å². The number of benzene rings is 6. The second-order valence-electron chi connectivity index (χ2n) is 14.6. The van der Waals surface area contributed by atoms with Crippen molar-refractivity contribution in [2.45, 2.75) is 24.7 Å². The Morgan fingerprint density at radius 2 is 1.38 bits per heavy atom. The minimum Gasteiger partial charge on any atom is -0.313 e. The van der Waals surface area contributed by atoms with Gasteiger partial charge in [-0.3, -0.25) is 4.79 Å². The molecule has 0 N–H and O–H groups in total. The zero-order chi connectivity index (χ0) is 35.1. The van der Waals surface area contributed by atoms with Gasteiger partial charge in [0.1, 0.15) is 0 Å². The molecule has 8 aromatic rings. The molecule has 3 heteroatoms. The fourth-order valence-electron chi connectivity index (χ4n) is 9.93. The van der Waals surface area contributed by atoms with Gasteiger partial charge in [0.05, 0.1) is 22.0 Å². The van der Waals surface area contributed by atoms with Crippen LogP contribution in [0.3, 0.4) is 0 Å². The van der Waals surface area contributed by atoms with Gasteiger partial charge in [-0.25, -0.2) is 0 Å². The zero-order valence-corrected chi connectivity index (χ0v) is 29.2. The van der Waals surface area contributed by atoms with Crippen molar-refractivity contribution in [2.75, 3.05) is 0 Å². The lowest BCUT2D eigenvalue weighted by molar-refractivity contribution is 0.102. The lowest BCUT2D eigenvalue weighted by atomic mass is 9.55. The Hall–Kier alpha value is -6.45. The van der Waals surface area contributed by atoms with Crippen LogP contribution < -0.4 is 0 Å². The molecule has 6 aromatic carbocycles. The Bertz CT molecular complexity index is 2880. The van der Waals surface area contributed by atoms with Crippen molar-refractivity contribution in [1.29, 1.82) is 0 Å². The van der Waals surface area contributed by atoms with E-state index in [0.717, 1.165) is 52.9 Å². The van der Waals surface area contributed by atoms with Gasteiger partial charge in [0.25, 0.3) is 0 Å². The highest BCUT2D eigenvalue weighted by molar-refractivity contribution is 6.21. The smallest absolute Gasteiger partial charge is 0.193 e. The van der Waals surface area contributed by atoms with Crippen molar-refractivity contribution in [3.8, 4) is 11.4 Å². The molecule has 0 radical (unpaired) electrons. The number of allylic oxidation sites excluding steroid dienone is 5. The van der Waals surface area contributed by atoms with E-state index in [9.17, 15) is 4.79 Å². The standard InChI is InChI=1S/C50H36N2O/c53-49-39-23-10-13-25-42(39)50(33-16-4-1-5-17-33,34-18-6-2-7-19-34)43-32-36(28-29-40(43)49)51-45-27-15-12-24-41(45)47-46(51)31-30-38-37-22-11-14-26-44(37)52(48(38)47)35-20-8-3-9-21-35/h1-14,16-18,20-26,28-32,34H,15,19,27H2. The molecule has 3 aliphatic rings. The van der Waals surface area contributed by atoms with E-state index in [2.05, 4.69) is 173 Å². The van der Waals surface area contributed by atoms with Gasteiger partial charge in [-0.15, -0.1) is 0 Å². The summed E-state index contributed by atoms with van der Waals surface area (Å²) in [4.78, 5) is 14.5. The molecule has 2 heterocycles. The molecule has 0 spiro atoms. The number of para-hydroxylation sites is 2. The molecular formula is C50H36N2O. The molecule has 252 valence electrons. The molecule has 53 heavy (non-hydrogen) atoms. The SMILES string of the molecule is O=C1c2ccccc2C(c2ccccc2)(C2C=CC=CC2)c2cc(-n3c4c(c5c3ccc3c6ccccc6n(-c6ccccc6)c35)C=CCC4)ccc21. The fraction of sp³-hybridized carbons (Fsp3) is 0.100. The third-order valence-corrected chi connectivity index (χ3v) is 12.0. The number of fused-ring (bicyclic) bond motifs is 9. The Morgan fingerprint density at radius 3 is 2.23 bits per heavy atom. The Balaban J connectivity index is 1.25. The van der Waals surface area contributed by atoms with Crippen molar-refractivity contribution in [3.63, 3.8) is 0 Å². The lowest BCUT2D eigenvalue weighted by Crippen LogP contribution is -2.43. The molecule has 3 nitrogen and oxygen atoms in total. The highest BCUT2D eigenvalue weighted by atomic mass is 16.1. The summed E-state index contributed by atoms with van der Waals surface area (Å²) in [5.74, 6) is 0.220. The van der Waals surface area contributed by atoms with Crippen LogP contribution >= 0.6 is 0 Å². The van der Waals surface area contributed by atoms with Crippen molar-refractivity contribution >= 4 is 44.6 Å². The van der Waals surface area contributed by atoms with Crippen molar-refractivity contribution in [2.24, 2.45) is 5.92 Å². The zero-order valence-electron chi connectivity index (χ0n) is 29.2. The van der Waals surface area contributed by atoms with Crippen LogP contribution in [-0.2, 0) is 11.8 Å². The predicted molar refractivity (Wildman–Crippen MR) is 218 cm³/mol. The van der Waals surface area contributed by atoms with E-state index in [1.165, 1.54) is 49.5 Å². The summed E-state index contributed by atoms with van der Waals surface area (Å²) in [6.45, 7) is 0. The molecule has 0 amide bonds. The van der Waals surface area contributed by atoms with Crippen LogP contribution in [0.25, 0.3) is 50.2 Å². The number of nitrogens with zero attached hydrogens (tertiary/aromatic N) is 2. The first-order chi connectivity index (χ1) is 26.2. The summed E-state index contributed by atoms with van der Waals surface area (Å²) in [7, 11) is 0. The van der Waals surface area contributed by atoms with Gasteiger partial charge < -0.3 is 9.13 Å². The van der Waals surface area contributed by atoms with Gasteiger partial charge in [0.15, 0.2) is 5.78 Å². The van der Waals surface area contributed by atoms with Gasteiger partial charge in [-0.2, -0.15) is 0 Å². The number of hydrogen-bond donors (Lipinski definition) is 0. The summed E-state index contributed by atoms with van der Waals surface area (Å²) in [5.41, 5.74) is 12.9. The first-order valence-corrected chi connectivity index (χ1v) is 18.7. The average molecular weight is 681 g/mol. The topological polar surface area (TPSA) is 26.9 Å². The minimum atomic E-state index is -0.561. The van der Waals surface area contributed by atoms with Crippen LogP contribution in [-0.4, -0.2) is 14.9 Å². The number of carbonyl (C=O) groups is 1. The summed E-state index contributed by atoms with van der Waals surface area (Å²) >= 11 is 0. The number of ketones is 1. The second kappa shape index (κ2) is 11.5. The normalized spacial score (nSPS) is 18.8. The van der Waals surface area contributed by atoms with Gasteiger partial charge in [-0.1, -0.05) is 134 Å². The molecule has 0 saturated heterocycles. The second-order valence-corrected chi connectivity index (χ2v) is 14.6. The Morgan fingerprint density at radius 1 is 0.604 bits per heavy atom. The monoisotopic (exact) mass is 680 g/mol. The highest BCUT2D eigenvalue weighted by Gasteiger charge is 2.49. The first kappa shape index (κ1) is 30.2. The average Bonchev–Trinajstić information content (AvgIpc) is 3.75. The Labute approximate surface area is 308 Å². The van der Waals surface area contributed by atoms with E-state index in [1.807, 2.05) is 12.1 Å². The Kier molecular flexibility index (Phi) is 6.57. The van der Waals surface area contributed by atoms with Crippen LogP contribution in [0.4, 0.5) is 0 Å². The number of hydrogen-bond acceptors (Lipinski definition) is 1. The third kappa shape index (κ3) is 4.13. The van der Waals surface area contributed by atoms with Crippen LogP contribution in [0.5, 0.6) is 0 Å². The first-order valence-electron chi connectivity index (χ1n) is 18.7. The van der Waals surface area contributed by atoms with Gasteiger partial charge in [0.2, 0.25) is 0 Å². The van der Waals surface area contributed by atoms with E-state index in [0.29, 0.717) is 0 Å². The summed E-state index contributed by atoms with van der Waals surface area (Å²) in [6.07, 6.45) is 16.4. The van der Waals surface area contributed by atoms with Gasteiger partial charge >= 0.3 is 0 Å². The van der Waals surface area contributed by atoms with Crippen LogP contribution in [0.15, 0.2) is 170 Å². The fourth-order valence-corrected chi connectivity index (χ4v) is 9.93. The number of aromatic nitrogens is 2. The predicted octanol–water partition coefficient (Wildman–Crippen LogP) is 11.7. The van der Waals surface area contributed by atoms with Gasteiger partial charge in [-0.05, 0) is 84.3 Å². The maximum atomic E-state index is 14.5. The maximum Gasteiger partial charge on any atom is 0.193 e. The summed E-state index contributed by atoms with van der Waals surface area (Å²) < 4.78 is 4.95. The van der Waals surface area contributed by atoms with E-state index in [4.69, 9.17) is 0 Å². The quantitative estimate of drug-likeness (QED) is 0.182. The third-order valence-electron chi connectivity index (χ3n) is 12.0. The molecule has 11 rings (SSSR count). The molecule has 0 saturated carbocycles. The molecule has 0 aliphatic heterocycles. The molecule has 0 bridgehead atoms. The summed E-state index contributed by atoms with van der Waals surface area (Å²) in [5, 5.41) is 3.77. The van der Waals surface area contributed by atoms with Gasteiger partial charge in [0, 0.05) is 49.9 Å². The molecule has 2 unspecified atom stereocenters. The van der Waals surface area contributed by atoms with Crippen molar-refractivity contribution < 1.29 is 4.79 Å². The largest absolute Gasteiger partial charge is 0.313 e. The van der Waals surface area contributed by atoms with Crippen LogP contribution in [0.1, 0.15) is 56.7 Å². The summed E-state index contributed by atoms with van der Waals surface area (Å²) in [6, 6.07) is 50.0. The molecular weight excluding hydrogens is 645 g/mol.